The molecule has 0 aliphatic rings. The van der Waals surface area contributed by atoms with Gasteiger partial charge in [0.25, 0.3) is 0 Å². The number of aryl methyl sites for hydroxylation is 1. The summed E-state index contributed by atoms with van der Waals surface area (Å²) in [5, 5.41) is 9.49. The number of rotatable bonds is 3. The molecule has 0 bridgehead atoms. The van der Waals surface area contributed by atoms with Gasteiger partial charge in [-0.15, -0.1) is 11.3 Å². The van der Waals surface area contributed by atoms with Crippen molar-refractivity contribution in [1.29, 1.82) is 0 Å². The minimum Gasteiger partial charge on any atom is -0.140 e. The van der Waals surface area contributed by atoms with Gasteiger partial charge in [-0.1, -0.05) is 55.8 Å². The summed E-state index contributed by atoms with van der Waals surface area (Å²) in [5.74, 6) is 0. The Morgan fingerprint density at radius 1 is 0.680 bits per heavy atom. The molecular weight excluding hydrogens is 320 g/mol. The standard InChI is InChI=1S/C24H20S/c1-2-3-8-19-15-23-21-10-9-18-13-16-6-4-5-7-17(16)14-22(18)20(21)11-12-24(23)25-19/h4-7,9-15H,2-3,8H2,1H3. The van der Waals surface area contributed by atoms with E-state index in [1.165, 1.54) is 66.5 Å². The third-order valence-electron chi connectivity index (χ3n) is 5.21. The highest BCUT2D eigenvalue weighted by Gasteiger charge is 2.09. The Morgan fingerprint density at radius 2 is 1.44 bits per heavy atom. The lowest BCUT2D eigenvalue weighted by Crippen LogP contribution is -1.80. The van der Waals surface area contributed by atoms with Gasteiger partial charge in [-0.25, -0.2) is 0 Å². The van der Waals surface area contributed by atoms with E-state index in [1.54, 1.807) is 0 Å². The second-order valence-corrected chi connectivity index (χ2v) is 8.04. The van der Waals surface area contributed by atoms with E-state index in [0.29, 0.717) is 0 Å². The van der Waals surface area contributed by atoms with E-state index in [2.05, 4.69) is 73.7 Å². The molecule has 0 radical (unpaired) electrons. The van der Waals surface area contributed by atoms with E-state index < -0.39 is 0 Å². The van der Waals surface area contributed by atoms with Gasteiger partial charge in [0.15, 0.2) is 0 Å². The van der Waals surface area contributed by atoms with Crippen molar-refractivity contribution in [2.45, 2.75) is 26.2 Å². The van der Waals surface area contributed by atoms with Gasteiger partial charge >= 0.3 is 0 Å². The van der Waals surface area contributed by atoms with Crippen LogP contribution in [0.15, 0.2) is 66.7 Å². The molecular formula is C24H20S. The van der Waals surface area contributed by atoms with Crippen molar-refractivity contribution in [1.82, 2.24) is 0 Å². The third-order valence-corrected chi connectivity index (χ3v) is 6.37. The van der Waals surface area contributed by atoms with Crippen molar-refractivity contribution in [2.24, 2.45) is 0 Å². The largest absolute Gasteiger partial charge is 0.140 e. The fraction of sp³-hybridized carbons (Fsp3) is 0.167. The minimum atomic E-state index is 1.20. The van der Waals surface area contributed by atoms with E-state index in [9.17, 15) is 0 Å². The predicted molar refractivity (Wildman–Crippen MR) is 113 cm³/mol. The highest BCUT2D eigenvalue weighted by molar-refractivity contribution is 7.19. The Hall–Kier alpha value is -2.38. The number of fused-ring (bicyclic) bond motifs is 6. The normalized spacial score (nSPS) is 11.9. The molecule has 0 nitrogen and oxygen atoms in total. The van der Waals surface area contributed by atoms with Crippen LogP contribution in [0.5, 0.6) is 0 Å². The van der Waals surface area contributed by atoms with Crippen LogP contribution in [0.4, 0.5) is 0 Å². The highest BCUT2D eigenvalue weighted by atomic mass is 32.1. The summed E-state index contributed by atoms with van der Waals surface area (Å²) in [6, 6.07) is 24.9. The van der Waals surface area contributed by atoms with Crippen LogP contribution in [0.3, 0.4) is 0 Å². The molecule has 0 aliphatic heterocycles. The highest BCUT2D eigenvalue weighted by Crippen LogP contribution is 2.37. The van der Waals surface area contributed by atoms with Gasteiger partial charge in [0, 0.05) is 15.0 Å². The van der Waals surface area contributed by atoms with Crippen molar-refractivity contribution in [3.8, 4) is 0 Å². The van der Waals surface area contributed by atoms with E-state index in [-0.39, 0.29) is 0 Å². The second kappa shape index (κ2) is 5.86. The molecule has 0 saturated carbocycles. The Morgan fingerprint density at radius 3 is 2.28 bits per heavy atom. The third kappa shape index (κ3) is 2.42. The maximum Gasteiger partial charge on any atom is 0.0352 e. The summed E-state index contributed by atoms with van der Waals surface area (Å²) in [4.78, 5) is 1.52. The Labute approximate surface area is 151 Å². The molecule has 0 atom stereocenters. The van der Waals surface area contributed by atoms with E-state index in [1.807, 2.05) is 11.3 Å². The molecule has 1 aromatic heterocycles. The van der Waals surface area contributed by atoms with Crippen molar-refractivity contribution in [3.05, 3.63) is 71.6 Å². The molecule has 0 unspecified atom stereocenters. The first-order valence-corrected chi connectivity index (χ1v) is 9.92. The maximum absolute atomic E-state index is 2.42. The van der Waals surface area contributed by atoms with Crippen molar-refractivity contribution in [2.75, 3.05) is 0 Å². The zero-order valence-corrected chi connectivity index (χ0v) is 15.2. The van der Waals surface area contributed by atoms with Crippen LogP contribution >= 0.6 is 11.3 Å². The maximum atomic E-state index is 2.42. The summed E-state index contributed by atoms with van der Waals surface area (Å²) in [6.45, 7) is 2.26. The Bertz CT molecular complexity index is 1230. The molecule has 1 heterocycles. The Kier molecular flexibility index (Phi) is 3.50. The smallest absolute Gasteiger partial charge is 0.0352 e. The quantitative estimate of drug-likeness (QED) is 0.233. The molecule has 122 valence electrons. The van der Waals surface area contributed by atoms with Gasteiger partial charge in [0.1, 0.15) is 0 Å². The first-order chi connectivity index (χ1) is 12.3. The lowest BCUT2D eigenvalue weighted by atomic mass is 9.97. The lowest BCUT2D eigenvalue weighted by Gasteiger charge is -2.07. The summed E-state index contributed by atoms with van der Waals surface area (Å²) in [5.41, 5.74) is 0. The lowest BCUT2D eigenvalue weighted by molar-refractivity contribution is 0.804. The average molecular weight is 340 g/mol. The predicted octanol–water partition coefficient (Wildman–Crippen LogP) is 7.70. The van der Waals surface area contributed by atoms with Gasteiger partial charge in [-0.05, 0) is 69.4 Å². The van der Waals surface area contributed by atoms with Gasteiger partial charge < -0.3 is 0 Å². The molecule has 0 saturated heterocycles. The van der Waals surface area contributed by atoms with Crippen LogP contribution in [-0.2, 0) is 6.42 Å². The minimum absolute atomic E-state index is 1.20. The molecule has 4 aromatic carbocycles. The summed E-state index contributed by atoms with van der Waals surface area (Å²) >= 11 is 1.96. The van der Waals surface area contributed by atoms with Crippen LogP contribution < -0.4 is 0 Å². The average Bonchev–Trinajstić information content (AvgIpc) is 3.07. The summed E-state index contributed by atoms with van der Waals surface area (Å²) < 4.78 is 1.42. The van der Waals surface area contributed by atoms with E-state index in [0.717, 1.165) is 0 Å². The van der Waals surface area contributed by atoms with Gasteiger partial charge in [0.05, 0.1) is 0 Å². The van der Waals surface area contributed by atoms with Gasteiger partial charge in [-0.3, -0.25) is 0 Å². The molecule has 0 amide bonds. The SMILES string of the molecule is CCCCc1cc2c(ccc3c4cc5ccccc5cc4ccc23)s1. The van der Waals surface area contributed by atoms with Crippen LogP contribution in [0, 0.1) is 0 Å². The fourth-order valence-electron chi connectivity index (χ4n) is 3.88. The van der Waals surface area contributed by atoms with Crippen LogP contribution in [0.2, 0.25) is 0 Å². The van der Waals surface area contributed by atoms with Crippen molar-refractivity contribution in [3.63, 3.8) is 0 Å². The van der Waals surface area contributed by atoms with Crippen LogP contribution in [0.25, 0.3) is 42.4 Å². The molecule has 5 rings (SSSR count). The zero-order chi connectivity index (χ0) is 16.8. The molecule has 0 fully saturated rings. The molecule has 1 heteroatoms. The number of benzene rings is 4. The van der Waals surface area contributed by atoms with Crippen LogP contribution in [0.1, 0.15) is 24.6 Å². The molecule has 5 aromatic rings. The van der Waals surface area contributed by atoms with Crippen LogP contribution in [-0.4, -0.2) is 0 Å². The topological polar surface area (TPSA) is 0 Å². The van der Waals surface area contributed by atoms with Crippen molar-refractivity contribution < 1.29 is 0 Å². The monoisotopic (exact) mass is 340 g/mol. The number of hydrogen-bond donors (Lipinski definition) is 0. The molecule has 0 aliphatic carbocycles. The van der Waals surface area contributed by atoms with Gasteiger partial charge in [0.2, 0.25) is 0 Å². The summed E-state index contributed by atoms with van der Waals surface area (Å²) in [6.07, 6.45) is 3.74. The zero-order valence-electron chi connectivity index (χ0n) is 14.4. The molecule has 0 N–H and O–H groups in total. The summed E-state index contributed by atoms with van der Waals surface area (Å²) in [7, 11) is 0. The fourth-order valence-corrected chi connectivity index (χ4v) is 5.00. The number of unbranched alkanes of at least 4 members (excludes halogenated alkanes) is 1. The number of thiophene rings is 1. The van der Waals surface area contributed by atoms with E-state index in [4.69, 9.17) is 0 Å². The van der Waals surface area contributed by atoms with Gasteiger partial charge in [-0.2, -0.15) is 0 Å². The second-order valence-electron chi connectivity index (χ2n) is 6.87. The molecule has 25 heavy (non-hydrogen) atoms. The first kappa shape index (κ1) is 14.9. The molecule has 0 spiro atoms. The van der Waals surface area contributed by atoms with Crippen molar-refractivity contribution >= 4 is 53.7 Å². The Balaban J connectivity index is 1.81. The first-order valence-electron chi connectivity index (χ1n) is 9.10. The number of hydrogen-bond acceptors (Lipinski definition) is 1. The van der Waals surface area contributed by atoms with E-state index >= 15 is 0 Å².